The number of phenols is 3. The summed E-state index contributed by atoms with van der Waals surface area (Å²) in [6.45, 7) is 3.05. The van der Waals surface area contributed by atoms with Gasteiger partial charge in [0.25, 0.3) is 0 Å². The number of aryl methyl sites for hydroxylation is 1. The van der Waals surface area contributed by atoms with Gasteiger partial charge in [-0.1, -0.05) is 0 Å². The summed E-state index contributed by atoms with van der Waals surface area (Å²) in [5.41, 5.74) is -1.21. The molecule has 2 atom stereocenters. The number of aromatic nitrogens is 2. The number of fused-ring (bicyclic) bond motifs is 6. The number of benzene rings is 4. The zero-order valence-electron chi connectivity index (χ0n) is 27.7. The molecule has 13 heteroatoms. The van der Waals surface area contributed by atoms with Gasteiger partial charge in [-0.25, -0.2) is 0 Å². The number of hydrogen-bond donors (Lipinski definition) is 5. The van der Waals surface area contributed by atoms with Crippen molar-refractivity contribution in [1.82, 2.24) is 9.55 Å². The topological polar surface area (TPSA) is 182 Å². The van der Waals surface area contributed by atoms with Crippen molar-refractivity contribution in [2.75, 3.05) is 28.4 Å². The Kier molecular flexibility index (Phi) is 7.04. The van der Waals surface area contributed by atoms with E-state index in [9.17, 15) is 30.0 Å². The van der Waals surface area contributed by atoms with Crippen molar-refractivity contribution in [2.24, 2.45) is 7.05 Å². The SMILES string of the molecule is COc1cc2[nH]c3c(OC)c(OC)ccc3c(=O)c2c(O)c1[C@@H]1c2c(cc(O)c3c(=O)c4ccc(O)c(OC)c4n(C)c23)O[C@H]1C(C)(C)O. The van der Waals surface area contributed by atoms with Crippen LogP contribution >= 0.6 is 0 Å². The van der Waals surface area contributed by atoms with Crippen molar-refractivity contribution in [2.45, 2.75) is 31.5 Å². The van der Waals surface area contributed by atoms with Gasteiger partial charge in [-0.3, -0.25) is 9.59 Å². The minimum Gasteiger partial charge on any atom is -0.507 e. The van der Waals surface area contributed by atoms with Crippen LogP contribution in [0.3, 0.4) is 0 Å². The Morgan fingerprint density at radius 2 is 1.43 bits per heavy atom. The molecule has 49 heavy (non-hydrogen) atoms. The summed E-state index contributed by atoms with van der Waals surface area (Å²) in [6.07, 6.45) is -1.12. The number of aliphatic hydroxyl groups is 1. The number of phenolic OH excluding ortho intramolecular Hbond substituents is 3. The molecule has 0 spiro atoms. The maximum absolute atomic E-state index is 14.2. The number of H-pyrrole nitrogens is 1. The lowest BCUT2D eigenvalue weighted by Gasteiger charge is -2.31. The van der Waals surface area contributed by atoms with E-state index in [1.807, 2.05) is 0 Å². The molecule has 0 saturated heterocycles. The number of methoxy groups -OCH3 is 4. The molecule has 254 valence electrons. The number of rotatable bonds is 6. The lowest BCUT2D eigenvalue weighted by Crippen LogP contribution is -2.42. The molecular formula is C36H34N2O11. The summed E-state index contributed by atoms with van der Waals surface area (Å²) >= 11 is 0. The van der Waals surface area contributed by atoms with Gasteiger partial charge < -0.3 is 53.7 Å². The van der Waals surface area contributed by atoms with Crippen LogP contribution in [0.2, 0.25) is 0 Å². The zero-order valence-corrected chi connectivity index (χ0v) is 27.7. The number of nitrogens with zero attached hydrogens (tertiary/aromatic N) is 1. The predicted molar refractivity (Wildman–Crippen MR) is 183 cm³/mol. The average molecular weight is 671 g/mol. The number of ether oxygens (including phenoxy) is 5. The summed E-state index contributed by atoms with van der Waals surface area (Å²) < 4.78 is 30.3. The van der Waals surface area contributed by atoms with E-state index >= 15 is 0 Å². The molecule has 0 amide bonds. The van der Waals surface area contributed by atoms with Crippen LogP contribution in [0, 0.1) is 0 Å². The second-order valence-corrected chi connectivity index (χ2v) is 12.5. The van der Waals surface area contributed by atoms with E-state index in [0.29, 0.717) is 22.6 Å². The van der Waals surface area contributed by atoms with Gasteiger partial charge in [0, 0.05) is 30.3 Å². The van der Waals surface area contributed by atoms with Crippen LogP contribution in [-0.4, -0.2) is 70.1 Å². The highest BCUT2D eigenvalue weighted by Crippen LogP contribution is 2.55. The van der Waals surface area contributed by atoms with Gasteiger partial charge in [0.1, 0.15) is 29.1 Å². The molecule has 0 radical (unpaired) electrons. The van der Waals surface area contributed by atoms with Gasteiger partial charge in [0.2, 0.25) is 10.9 Å². The van der Waals surface area contributed by atoms with Crippen LogP contribution < -0.4 is 34.5 Å². The fourth-order valence-electron chi connectivity index (χ4n) is 7.31. The molecule has 3 heterocycles. The molecule has 0 aliphatic carbocycles. The molecule has 7 rings (SSSR count). The van der Waals surface area contributed by atoms with Crippen LogP contribution in [-0.2, 0) is 7.05 Å². The van der Waals surface area contributed by atoms with E-state index in [0.717, 1.165) is 0 Å². The normalized spacial score (nSPS) is 15.9. The Hall–Kier alpha value is -5.82. The summed E-state index contributed by atoms with van der Waals surface area (Å²) in [5.74, 6) is -1.11. The first-order valence-corrected chi connectivity index (χ1v) is 15.3. The molecule has 4 aromatic carbocycles. The average Bonchev–Trinajstić information content (AvgIpc) is 3.44. The van der Waals surface area contributed by atoms with Gasteiger partial charge >= 0.3 is 0 Å². The van der Waals surface area contributed by atoms with Crippen molar-refractivity contribution < 1.29 is 44.1 Å². The number of aromatic hydroxyl groups is 3. The smallest absolute Gasteiger partial charge is 0.201 e. The Morgan fingerprint density at radius 3 is 2.06 bits per heavy atom. The highest BCUT2D eigenvalue weighted by atomic mass is 16.5. The van der Waals surface area contributed by atoms with Gasteiger partial charge in [-0.15, -0.1) is 0 Å². The lowest BCUT2D eigenvalue weighted by molar-refractivity contribution is -0.0300. The maximum atomic E-state index is 14.2. The zero-order chi connectivity index (χ0) is 35.3. The van der Waals surface area contributed by atoms with E-state index in [4.69, 9.17) is 23.7 Å². The van der Waals surface area contributed by atoms with Crippen molar-refractivity contribution in [1.29, 1.82) is 0 Å². The molecule has 0 unspecified atom stereocenters. The number of nitrogens with one attached hydrogen (secondary N) is 1. The fraction of sp³-hybridized carbons (Fsp3) is 0.278. The van der Waals surface area contributed by atoms with Crippen LogP contribution in [0.5, 0.6) is 46.0 Å². The highest BCUT2D eigenvalue weighted by molar-refractivity contribution is 6.03. The van der Waals surface area contributed by atoms with E-state index in [1.54, 1.807) is 29.8 Å². The third-order valence-electron chi connectivity index (χ3n) is 9.41. The molecule has 5 N–H and O–H groups in total. The molecule has 1 aliphatic rings. The van der Waals surface area contributed by atoms with Gasteiger partial charge in [0.05, 0.1) is 83.6 Å². The summed E-state index contributed by atoms with van der Waals surface area (Å²) in [6, 6.07) is 8.78. The van der Waals surface area contributed by atoms with Crippen LogP contribution in [0.4, 0.5) is 0 Å². The van der Waals surface area contributed by atoms with Crippen molar-refractivity contribution in [3.63, 3.8) is 0 Å². The van der Waals surface area contributed by atoms with Crippen molar-refractivity contribution in [3.8, 4) is 46.0 Å². The number of pyridine rings is 2. The van der Waals surface area contributed by atoms with Crippen molar-refractivity contribution in [3.05, 3.63) is 68.0 Å². The Labute approximate surface area is 278 Å². The molecule has 0 fully saturated rings. The quantitative estimate of drug-likeness (QED) is 0.157. The first-order valence-electron chi connectivity index (χ1n) is 15.3. The molecule has 6 aromatic rings. The number of aromatic amines is 1. The minimum atomic E-state index is -1.58. The first-order chi connectivity index (χ1) is 23.3. The second-order valence-electron chi connectivity index (χ2n) is 12.5. The van der Waals surface area contributed by atoms with Crippen LogP contribution in [0.25, 0.3) is 43.6 Å². The standard InChI is InChI=1S/C36H34N2O11/c1-36(2,44)35-26(24-21(49-35)13-18(40)23-29(24)38(3)28-15(31(23)42)8-10-17(39)33(28)47-6)25-20(46-5)12-16-22(32(25)43)30(41)14-9-11-19(45-4)34(48-7)27(14)37-16/h8-13,26,35,39-40,43-44H,1-7H3,(H,37,41)/t26-,35+/m0/s1. The minimum absolute atomic E-state index is 0.0298. The summed E-state index contributed by atoms with van der Waals surface area (Å²) in [7, 11) is 7.32. The van der Waals surface area contributed by atoms with E-state index in [2.05, 4.69) is 4.98 Å². The number of hydrogen-bond acceptors (Lipinski definition) is 11. The van der Waals surface area contributed by atoms with Gasteiger partial charge in [-0.2, -0.15) is 0 Å². The molecule has 13 nitrogen and oxygen atoms in total. The monoisotopic (exact) mass is 670 g/mol. The lowest BCUT2D eigenvalue weighted by atomic mass is 9.79. The van der Waals surface area contributed by atoms with Crippen LogP contribution in [0.1, 0.15) is 30.9 Å². The maximum Gasteiger partial charge on any atom is 0.201 e. The van der Waals surface area contributed by atoms with Crippen LogP contribution in [0.15, 0.2) is 46.0 Å². The second kappa shape index (κ2) is 10.9. The largest absolute Gasteiger partial charge is 0.507 e. The molecular weight excluding hydrogens is 636 g/mol. The summed E-state index contributed by atoms with van der Waals surface area (Å²) in [4.78, 5) is 31.4. The third-order valence-corrected chi connectivity index (χ3v) is 9.41. The Balaban J connectivity index is 1.65. The van der Waals surface area contributed by atoms with E-state index in [1.165, 1.54) is 60.5 Å². The summed E-state index contributed by atoms with van der Waals surface area (Å²) in [5, 5.41) is 45.9. The molecule has 2 aromatic heterocycles. The molecule has 1 aliphatic heterocycles. The first kappa shape index (κ1) is 31.8. The van der Waals surface area contributed by atoms with Gasteiger partial charge in [0.15, 0.2) is 23.0 Å². The van der Waals surface area contributed by atoms with E-state index < -0.39 is 34.2 Å². The molecule has 0 bridgehead atoms. The molecule has 0 saturated carbocycles. The van der Waals surface area contributed by atoms with E-state index in [-0.39, 0.29) is 72.4 Å². The fourth-order valence-corrected chi connectivity index (χ4v) is 7.31. The third kappa shape index (κ3) is 4.28. The van der Waals surface area contributed by atoms with Gasteiger partial charge in [-0.05, 0) is 38.1 Å². The Morgan fingerprint density at radius 1 is 0.776 bits per heavy atom. The van der Waals surface area contributed by atoms with Crippen molar-refractivity contribution >= 4 is 43.6 Å². The Bertz CT molecular complexity index is 2510. The predicted octanol–water partition coefficient (Wildman–Crippen LogP) is 4.50. The highest BCUT2D eigenvalue weighted by Gasteiger charge is 2.48.